The highest BCUT2D eigenvalue weighted by molar-refractivity contribution is 4.66. The monoisotopic (exact) mass is 201 g/mol. The van der Waals surface area contributed by atoms with Crippen LogP contribution in [0, 0.1) is 0 Å². The van der Waals surface area contributed by atoms with Gasteiger partial charge in [-0.15, -0.1) is 0 Å². The lowest BCUT2D eigenvalue weighted by Crippen LogP contribution is -2.37. The van der Waals surface area contributed by atoms with Gasteiger partial charge in [-0.05, 0) is 26.8 Å². The molecule has 2 nitrogen and oxygen atoms in total. The van der Waals surface area contributed by atoms with Gasteiger partial charge in [0.2, 0.25) is 0 Å². The van der Waals surface area contributed by atoms with Crippen molar-refractivity contribution >= 4 is 0 Å². The van der Waals surface area contributed by atoms with Gasteiger partial charge < -0.3 is 10.1 Å². The van der Waals surface area contributed by atoms with Crippen molar-refractivity contribution < 1.29 is 4.74 Å². The maximum atomic E-state index is 5.74. The van der Waals surface area contributed by atoms with Crippen molar-refractivity contribution in [2.75, 3.05) is 13.2 Å². The summed E-state index contributed by atoms with van der Waals surface area (Å²) < 4.78 is 5.74. The maximum Gasteiger partial charge on any atom is 0.0697 e. The minimum absolute atomic E-state index is 0.330. The van der Waals surface area contributed by atoms with Gasteiger partial charge in [0.25, 0.3) is 0 Å². The Morgan fingerprint density at radius 3 is 2.36 bits per heavy atom. The molecule has 2 atom stereocenters. The first-order chi connectivity index (χ1) is 6.72. The van der Waals surface area contributed by atoms with Crippen molar-refractivity contribution in [3.05, 3.63) is 0 Å². The zero-order chi connectivity index (χ0) is 10.8. The lowest BCUT2D eigenvalue weighted by Gasteiger charge is -2.21. The van der Waals surface area contributed by atoms with Gasteiger partial charge >= 0.3 is 0 Å². The van der Waals surface area contributed by atoms with Crippen molar-refractivity contribution in [1.29, 1.82) is 0 Å². The van der Waals surface area contributed by atoms with E-state index in [4.69, 9.17) is 4.74 Å². The number of rotatable bonds is 9. The molecule has 0 amide bonds. The third-order valence-electron chi connectivity index (χ3n) is 2.61. The lowest BCUT2D eigenvalue weighted by molar-refractivity contribution is 0.0413. The summed E-state index contributed by atoms with van der Waals surface area (Å²) in [5.74, 6) is 0. The Morgan fingerprint density at radius 1 is 1.07 bits per heavy atom. The van der Waals surface area contributed by atoms with E-state index in [0.29, 0.717) is 12.1 Å². The predicted molar refractivity (Wildman–Crippen MR) is 62.7 cm³/mol. The van der Waals surface area contributed by atoms with E-state index in [2.05, 4.69) is 33.0 Å². The number of nitrogens with one attached hydrogen (secondary N) is 1. The quantitative estimate of drug-likeness (QED) is 0.579. The second kappa shape index (κ2) is 9.47. The van der Waals surface area contributed by atoms with Gasteiger partial charge in [0.15, 0.2) is 0 Å². The molecule has 0 rings (SSSR count). The minimum Gasteiger partial charge on any atom is -0.377 e. The fourth-order valence-electron chi connectivity index (χ4n) is 1.43. The fraction of sp³-hybridized carbons (Fsp3) is 1.00. The Kier molecular flexibility index (Phi) is 9.42. The summed E-state index contributed by atoms with van der Waals surface area (Å²) in [6.45, 7) is 10.6. The molecule has 0 aliphatic carbocycles. The van der Waals surface area contributed by atoms with E-state index < -0.39 is 0 Å². The molecule has 2 unspecified atom stereocenters. The van der Waals surface area contributed by atoms with Gasteiger partial charge in [-0.2, -0.15) is 0 Å². The summed E-state index contributed by atoms with van der Waals surface area (Å²) >= 11 is 0. The van der Waals surface area contributed by atoms with E-state index in [1.807, 2.05) is 0 Å². The molecule has 2 heteroatoms. The molecule has 0 spiro atoms. The second-order valence-electron chi connectivity index (χ2n) is 3.98. The molecule has 0 aliphatic heterocycles. The number of hydrogen-bond donors (Lipinski definition) is 1. The Morgan fingerprint density at radius 2 is 1.79 bits per heavy atom. The highest BCUT2D eigenvalue weighted by Gasteiger charge is 2.10. The van der Waals surface area contributed by atoms with Gasteiger partial charge in [-0.3, -0.25) is 0 Å². The van der Waals surface area contributed by atoms with Gasteiger partial charge in [-0.1, -0.05) is 33.1 Å². The first-order valence-corrected chi connectivity index (χ1v) is 6.07. The zero-order valence-corrected chi connectivity index (χ0v) is 10.3. The van der Waals surface area contributed by atoms with Crippen LogP contribution in [0.15, 0.2) is 0 Å². The van der Waals surface area contributed by atoms with Gasteiger partial charge in [-0.25, -0.2) is 0 Å². The first kappa shape index (κ1) is 13.9. The Labute approximate surface area is 89.4 Å². The Hall–Kier alpha value is -0.0800. The van der Waals surface area contributed by atoms with Crippen LogP contribution in [0.4, 0.5) is 0 Å². The molecule has 0 aromatic carbocycles. The maximum absolute atomic E-state index is 5.74. The van der Waals surface area contributed by atoms with Gasteiger partial charge in [0.05, 0.1) is 6.10 Å². The zero-order valence-electron chi connectivity index (χ0n) is 10.3. The summed E-state index contributed by atoms with van der Waals surface area (Å²) in [7, 11) is 0. The summed E-state index contributed by atoms with van der Waals surface area (Å²) in [4.78, 5) is 0. The van der Waals surface area contributed by atoms with Crippen LogP contribution in [-0.4, -0.2) is 25.3 Å². The summed E-state index contributed by atoms with van der Waals surface area (Å²) in [6, 6.07) is 0.464. The largest absolute Gasteiger partial charge is 0.377 e. The number of unbranched alkanes of at least 4 members (excludes halogenated alkanes) is 3. The summed E-state index contributed by atoms with van der Waals surface area (Å²) in [5, 5.41) is 3.37. The molecule has 0 heterocycles. The molecule has 0 aromatic rings. The van der Waals surface area contributed by atoms with Crippen molar-refractivity contribution in [3.63, 3.8) is 0 Å². The standard InChI is InChI=1S/C12H27NO/c1-5-7-8-9-10-14-12(4)11(3)13-6-2/h11-13H,5-10H2,1-4H3. The van der Waals surface area contributed by atoms with Crippen LogP contribution in [0.2, 0.25) is 0 Å². The van der Waals surface area contributed by atoms with Crippen molar-refractivity contribution in [2.24, 2.45) is 0 Å². The van der Waals surface area contributed by atoms with E-state index in [0.717, 1.165) is 13.2 Å². The van der Waals surface area contributed by atoms with Crippen LogP contribution in [0.3, 0.4) is 0 Å². The molecular weight excluding hydrogens is 174 g/mol. The molecule has 0 aliphatic rings. The minimum atomic E-state index is 0.330. The molecule has 0 fully saturated rings. The molecule has 0 saturated carbocycles. The number of likely N-dealkylation sites (N-methyl/N-ethyl adjacent to an activating group) is 1. The highest BCUT2D eigenvalue weighted by atomic mass is 16.5. The van der Waals surface area contributed by atoms with E-state index >= 15 is 0 Å². The third-order valence-corrected chi connectivity index (χ3v) is 2.61. The lowest BCUT2D eigenvalue weighted by atomic mass is 10.2. The molecule has 0 saturated heterocycles. The Bertz CT molecular complexity index is 117. The molecule has 0 aromatic heterocycles. The summed E-state index contributed by atoms with van der Waals surface area (Å²) in [6.07, 6.45) is 5.47. The predicted octanol–water partition coefficient (Wildman–Crippen LogP) is 2.97. The molecule has 0 radical (unpaired) electrons. The van der Waals surface area contributed by atoms with E-state index in [-0.39, 0.29) is 0 Å². The fourth-order valence-corrected chi connectivity index (χ4v) is 1.43. The molecular formula is C12H27NO. The van der Waals surface area contributed by atoms with Gasteiger partial charge in [0, 0.05) is 12.6 Å². The van der Waals surface area contributed by atoms with Crippen molar-refractivity contribution in [3.8, 4) is 0 Å². The van der Waals surface area contributed by atoms with Crippen LogP contribution in [0.1, 0.15) is 53.4 Å². The Balaban J connectivity index is 3.29. The van der Waals surface area contributed by atoms with Crippen LogP contribution < -0.4 is 5.32 Å². The smallest absolute Gasteiger partial charge is 0.0697 e. The average molecular weight is 201 g/mol. The highest BCUT2D eigenvalue weighted by Crippen LogP contribution is 2.03. The molecule has 0 bridgehead atoms. The average Bonchev–Trinajstić information content (AvgIpc) is 2.17. The number of ether oxygens (including phenoxy) is 1. The van der Waals surface area contributed by atoms with Gasteiger partial charge in [0.1, 0.15) is 0 Å². The van der Waals surface area contributed by atoms with Crippen LogP contribution in [-0.2, 0) is 4.74 Å². The van der Waals surface area contributed by atoms with E-state index in [1.54, 1.807) is 0 Å². The van der Waals surface area contributed by atoms with Crippen LogP contribution >= 0.6 is 0 Å². The molecule has 1 N–H and O–H groups in total. The second-order valence-corrected chi connectivity index (χ2v) is 3.98. The third kappa shape index (κ3) is 7.34. The normalized spacial score (nSPS) is 15.4. The van der Waals surface area contributed by atoms with E-state index in [1.165, 1.54) is 25.7 Å². The van der Waals surface area contributed by atoms with Crippen LogP contribution in [0.25, 0.3) is 0 Å². The van der Waals surface area contributed by atoms with Crippen molar-refractivity contribution in [1.82, 2.24) is 5.32 Å². The topological polar surface area (TPSA) is 21.3 Å². The molecule has 14 heavy (non-hydrogen) atoms. The summed E-state index contributed by atoms with van der Waals surface area (Å²) in [5.41, 5.74) is 0. The number of hydrogen-bond acceptors (Lipinski definition) is 2. The van der Waals surface area contributed by atoms with Crippen LogP contribution in [0.5, 0.6) is 0 Å². The first-order valence-electron chi connectivity index (χ1n) is 6.07. The van der Waals surface area contributed by atoms with Crippen molar-refractivity contribution in [2.45, 2.75) is 65.5 Å². The SMILES string of the molecule is CCCCCCOC(C)C(C)NCC. The molecule has 86 valence electrons. The van der Waals surface area contributed by atoms with E-state index in [9.17, 15) is 0 Å².